The third-order valence-electron chi connectivity index (χ3n) is 2.76. The van der Waals surface area contributed by atoms with Crippen LogP contribution in [0.2, 0.25) is 0 Å². The van der Waals surface area contributed by atoms with Gasteiger partial charge < -0.3 is 5.32 Å². The second-order valence-corrected chi connectivity index (χ2v) is 4.19. The number of rotatable bonds is 3. The first-order chi connectivity index (χ1) is 9.22. The number of hydrogen-bond donors (Lipinski definition) is 2. The van der Waals surface area contributed by atoms with Gasteiger partial charge >= 0.3 is 5.69 Å². The van der Waals surface area contributed by atoms with Crippen molar-refractivity contribution in [1.82, 2.24) is 24.6 Å². The lowest BCUT2D eigenvalue weighted by atomic mass is 10.2. The van der Waals surface area contributed by atoms with E-state index in [0.29, 0.717) is 18.0 Å². The molecule has 0 saturated carbocycles. The van der Waals surface area contributed by atoms with Crippen molar-refractivity contribution in [2.75, 3.05) is 5.32 Å². The standard InChI is InChI=1S/C12H12N6O/c1-8-2-3-9(5-13-8)6-14-10-4-11-16-17-12(19)18(11)7-15-10/h2-5,7,14H,6H2,1H3,(H,17,19). The summed E-state index contributed by atoms with van der Waals surface area (Å²) in [6, 6.07) is 5.67. The second-order valence-electron chi connectivity index (χ2n) is 4.19. The third kappa shape index (κ3) is 2.30. The van der Waals surface area contributed by atoms with Crippen LogP contribution < -0.4 is 11.0 Å². The van der Waals surface area contributed by atoms with Gasteiger partial charge in [-0.15, -0.1) is 0 Å². The molecule has 0 aliphatic rings. The van der Waals surface area contributed by atoms with E-state index in [1.54, 1.807) is 6.07 Å². The normalized spacial score (nSPS) is 10.8. The zero-order chi connectivity index (χ0) is 13.2. The second kappa shape index (κ2) is 4.52. The molecule has 0 fully saturated rings. The van der Waals surface area contributed by atoms with Crippen LogP contribution in [0.4, 0.5) is 5.82 Å². The van der Waals surface area contributed by atoms with E-state index in [0.717, 1.165) is 11.3 Å². The summed E-state index contributed by atoms with van der Waals surface area (Å²) in [5, 5.41) is 9.40. The molecular formula is C12H12N6O. The molecule has 0 aromatic carbocycles. The van der Waals surface area contributed by atoms with Gasteiger partial charge in [-0.3, -0.25) is 4.98 Å². The maximum absolute atomic E-state index is 11.3. The molecule has 7 nitrogen and oxygen atoms in total. The Labute approximate surface area is 108 Å². The number of aromatic nitrogens is 5. The maximum atomic E-state index is 11.3. The number of H-pyrrole nitrogens is 1. The number of hydrogen-bond acceptors (Lipinski definition) is 5. The van der Waals surface area contributed by atoms with Crippen molar-refractivity contribution in [3.05, 3.63) is 52.5 Å². The minimum absolute atomic E-state index is 0.295. The third-order valence-corrected chi connectivity index (χ3v) is 2.76. The molecule has 0 unspecified atom stereocenters. The highest BCUT2D eigenvalue weighted by Gasteiger charge is 2.02. The summed E-state index contributed by atoms with van der Waals surface area (Å²) in [6.45, 7) is 2.56. The minimum atomic E-state index is -0.295. The minimum Gasteiger partial charge on any atom is -0.366 e. The van der Waals surface area contributed by atoms with E-state index in [1.165, 1.54) is 10.7 Å². The zero-order valence-corrected chi connectivity index (χ0v) is 10.3. The molecule has 0 atom stereocenters. The summed E-state index contributed by atoms with van der Waals surface area (Å²) in [6.07, 6.45) is 3.26. The van der Waals surface area contributed by atoms with Crippen molar-refractivity contribution in [3.63, 3.8) is 0 Å². The molecule has 0 bridgehead atoms. The summed E-state index contributed by atoms with van der Waals surface area (Å²) in [4.78, 5) is 19.6. The lowest BCUT2D eigenvalue weighted by molar-refractivity contribution is 0.989. The van der Waals surface area contributed by atoms with E-state index in [4.69, 9.17) is 0 Å². The van der Waals surface area contributed by atoms with Gasteiger partial charge in [0.2, 0.25) is 0 Å². The molecule has 0 spiro atoms. The predicted molar refractivity (Wildman–Crippen MR) is 69.9 cm³/mol. The van der Waals surface area contributed by atoms with Gasteiger partial charge in [-0.05, 0) is 18.6 Å². The Balaban J connectivity index is 1.78. The largest absolute Gasteiger partial charge is 0.366 e. The molecule has 96 valence electrons. The summed E-state index contributed by atoms with van der Waals surface area (Å²) in [5.74, 6) is 0.659. The Kier molecular flexibility index (Phi) is 2.71. The number of nitrogens with zero attached hydrogens (tertiary/aromatic N) is 4. The number of anilines is 1. The Morgan fingerprint density at radius 1 is 1.37 bits per heavy atom. The fourth-order valence-electron chi connectivity index (χ4n) is 1.70. The molecule has 3 heterocycles. The lowest BCUT2D eigenvalue weighted by Crippen LogP contribution is -2.10. The van der Waals surface area contributed by atoms with Crippen molar-refractivity contribution in [3.8, 4) is 0 Å². The number of nitrogens with one attached hydrogen (secondary N) is 2. The number of pyridine rings is 1. The van der Waals surface area contributed by atoms with Crippen molar-refractivity contribution in [2.24, 2.45) is 0 Å². The van der Waals surface area contributed by atoms with E-state index in [9.17, 15) is 4.79 Å². The molecule has 0 saturated heterocycles. The lowest BCUT2D eigenvalue weighted by Gasteiger charge is -2.05. The van der Waals surface area contributed by atoms with Gasteiger partial charge in [0.15, 0.2) is 5.65 Å². The average molecular weight is 256 g/mol. The fourth-order valence-corrected chi connectivity index (χ4v) is 1.70. The maximum Gasteiger partial charge on any atom is 0.348 e. The Hall–Kier alpha value is -2.70. The molecule has 0 radical (unpaired) electrons. The topological polar surface area (TPSA) is 88.0 Å². The van der Waals surface area contributed by atoms with Crippen LogP contribution in [0.15, 0.2) is 35.5 Å². The number of aromatic amines is 1. The van der Waals surface area contributed by atoms with Crippen LogP contribution in [-0.4, -0.2) is 24.6 Å². The van der Waals surface area contributed by atoms with Gasteiger partial charge in [-0.25, -0.2) is 19.3 Å². The molecule has 7 heteroatoms. The van der Waals surface area contributed by atoms with E-state index in [2.05, 4.69) is 25.5 Å². The highest BCUT2D eigenvalue weighted by atomic mass is 16.1. The summed E-state index contributed by atoms with van der Waals surface area (Å²) in [7, 11) is 0. The van der Waals surface area contributed by atoms with Crippen molar-refractivity contribution >= 4 is 11.5 Å². The SMILES string of the molecule is Cc1ccc(CNc2cc3n[nH]c(=O)n3cn2)cn1. The smallest absolute Gasteiger partial charge is 0.348 e. The monoisotopic (exact) mass is 256 g/mol. The van der Waals surface area contributed by atoms with Gasteiger partial charge in [0, 0.05) is 24.5 Å². The number of fused-ring (bicyclic) bond motifs is 1. The first-order valence-corrected chi connectivity index (χ1v) is 5.80. The van der Waals surface area contributed by atoms with Crippen LogP contribution in [0.5, 0.6) is 0 Å². The average Bonchev–Trinajstić information content (AvgIpc) is 2.79. The summed E-state index contributed by atoms with van der Waals surface area (Å²) < 4.78 is 1.35. The quantitative estimate of drug-likeness (QED) is 0.721. The van der Waals surface area contributed by atoms with E-state index in [1.807, 2.05) is 25.3 Å². The Morgan fingerprint density at radius 2 is 2.26 bits per heavy atom. The van der Waals surface area contributed by atoms with Gasteiger partial charge in [-0.2, -0.15) is 5.10 Å². The molecule has 2 N–H and O–H groups in total. The van der Waals surface area contributed by atoms with Crippen LogP contribution in [0.25, 0.3) is 5.65 Å². The molecule has 3 rings (SSSR count). The van der Waals surface area contributed by atoms with Gasteiger partial charge in [0.05, 0.1) is 0 Å². The van der Waals surface area contributed by atoms with Crippen LogP contribution in [0.3, 0.4) is 0 Å². The zero-order valence-electron chi connectivity index (χ0n) is 10.3. The molecule has 3 aromatic rings. The first kappa shape index (κ1) is 11.4. The molecule has 19 heavy (non-hydrogen) atoms. The van der Waals surface area contributed by atoms with E-state index < -0.39 is 0 Å². The van der Waals surface area contributed by atoms with Crippen LogP contribution in [0.1, 0.15) is 11.3 Å². The Morgan fingerprint density at radius 3 is 3.05 bits per heavy atom. The summed E-state index contributed by atoms with van der Waals surface area (Å²) in [5.41, 5.74) is 2.28. The Bertz CT molecular complexity index is 758. The van der Waals surface area contributed by atoms with Crippen LogP contribution in [0, 0.1) is 6.92 Å². The van der Waals surface area contributed by atoms with Gasteiger partial charge in [-0.1, -0.05) is 6.07 Å². The summed E-state index contributed by atoms with van der Waals surface area (Å²) >= 11 is 0. The van der Waals surface area contributed by atoms with Crippen molar-refractivity contribution in [2.45, 2.75) is 13.5 Å². The van der Waals surface area contributed by atoms with Crippen molar-refractivity contribution in [1.29, 1.82) is 0 Å². The predicted octanol–water partition coefficient (Wildman–Crippen LogP) is 0.733. The highest BCUT2D eigenvalue weighted by molar-refractivity contribution is 5.48. The molecule has 0 aliphatic carbocycles. The molecule has 0 aliphatic heterocycles. The first-order valence-electron chi connectivity index (χ1n) is 5.80. The van der Waals surface area contributed by atoms with Crippen LogP contribution >= 0.6 is 0 Å². The molecular weight excluding hydrogens is 244 g/mol. The molecule has 0 amide bonds. The number of aryl methyl sites for hydroxylation is 1. The van der Waals surface area contributed by atoms with E-state index in [-0.39, 0.29) is 5.69 Å². The van der Waals surface area contributed by atoms with Crippen LogP contribution in [-0.2, 0) is 6.54 Å². The highest BCUT2D eigenvalue weighted by Crippen LogP contribution is 2.07. The fraction of sp³-hybridized carbons (Fsp3) is 0.167. The van der Waals surface area contributed by atoms with E-state index >= 15 is 0 Å². The molecule has 3 aromatic heterocycles. The van der Waals surface area contributed by atoms with Gasteiger partial charge in [0.1, 0.15) is 12.1 Å². The van der Waals surface area contributed by atoms with Crippen molar-refractivity contribution < 1.29 is 0 Å². The van der Waals surface area contributed by atoms with Gasteiger partial charge in [0.25, 0.3) is 0 Å².